The Bertz CT molecular complexity index is 422. The quantitative estimate of drug-likeness (QED) is 0.369. The van der Waals surface area contributed by atoms with E-state index in [1.807, 2.05) is 12.1 Å². The van der Waals surface area contributed by atoms with Crippen LogP contribution in [0.4, 0.5) is 0 Å². The first-order valence-electron chi connectivity index (χ1n) is 10.2. The second-order valence-electron chi connectivity index (χ2n) is 7.55. The topological polar surface area (TPSA) is 20.2 Å². The smallest absolute Gasteiger partial charge is 0.119 e. The second kappa shape index (κ2) is 11.9. The lowest BCUT2D eigenvalue weighted by Crippen LogP contribution is -2.14. The number of hydrogen-bond donors (Lipinski definition) is 1. The van der Waals surface area contributed by atoms with E-state index in [0.717, 1.165) is 5.56 Å². The molecule has 24 heavy (non-hydrogen) atoms. The first-order chi connectivity index (χ1) is 11.6. The van der Waals surface area contributed by atoms with Gasteiger partial charge in [0, 0.05) is 7.26 Å². The maximum Gasteiger partial charge on any atom is 0.119 e. The largest absolute Gasteiger partial charge is 0.508 e. The fraction of sp³-hybridized carbons (Fsp3) is 0.727. The van der Waals surface area contributed by atoms with E-state index in [-0.39, 0.29) is 0 Å². The SMILES string of the molecule is CCCC[P+](CCCC)(CCCC)CCC(C)c1ccccc1O. The molecule has 1 aromatic carbocycles. The number of hydrogen-bond acceptors (Lipinski definition) is 1. The summed E-state index contributed by atoms with van der Waals surface area (Å²) in [7, 11) is -0.817. The summed E-state index contributed by atoms with van der Waals surface area (Å²) in [5.74, 6) is 0.945. The molecule has 0 bridgehead atoms. The zero-order valence-electron chi connectivity index (χ0n) is 16.6. The summed E-state index contributed by atoms with van der Waals surface area (Å²) in [6, 6.07) is 7.91. The van der Waals surface area contributed by atoms with E-state index < -0.39 is 7.26 Å². The van der Waals surface area contributed by atoms with Crippen LogP contribution in [-0.2, 0) is 0 Å². The first-order valence-corrected chi connectivity index (χ1v) is 12.7. The summed E-state index contributed by atoms with van der Waals surface area (Å²) in [4.78, 5) is 0. The molecule has 0 heterocycles. The minimum atomic E-state index is -0.817. The Kier molecular flexibility index (Phi) is 10.7. The predicted octanol–water partition coefficient (Wildman–Crippen LogP) is 7.30. The molecule has 1 nitrogen and oxygen atoms in total. The number of para-hydroxylation sites is 1. The summed E-state index contributed by atoms with van der Waals surface area (Å²) < 4.78 is 0. The van der Waals surface area contributed by atoms with Gasteiger partial charge in [0.15, 0.2) is 0 Å². The van der Waals surface area contributed by atoms with Crippen LogP contribution in [0.5, 0.6) is 5.75 Å². The highest BCUT2D eigenvalue weighted by molar-refractivity contribution is 7.75. The molecule has 1 unspecified atom stereocenters. The van der Waals surface area contributed by atoms with Gasteiger partial charge in [-0.05, 0) is 43.2 Å². The number of aromatic hydroxyl groups is 1. The van der Waals surface area contributed by atoms with Crippen LogP contribution in [0.3, 0.4) is 0 Å². The molecule has 0 aliphatic rings. The minimum Gasteiger partial charge on any atom is -0.508 e. The van der Waals surface area contributed by atoms with Gasteiger partial charge in [0.1, 0.15) is 5.75 Å². The fourth-order valence-electron chi connectivity index (χ4n) is 3.68. The van der Waals surface area contributed by atoms with E-state index >= 15 is 0 Å². The van der Waals surface area contributed by atoms with Crippen molar-refractivity contribution in [3.8, 4) is 5.75 Å². The molecular weight excluding hydrogens is 311 g/mol. The third-order valence-corrected chi connectivity index (χ3v) is 10.5. The van der Waals surface area contributed by atoms with E-state index in [1.54, 1.807) is 0 Å². The Morgan fingerprint density at radius 1 is 0.833 bits per heavy atom. The molecule has 0 saturated heterocycles. The zero-order valence-corrected chi connectivity index (χ0v) is 17.5. The molecule has 1 N–H and O–H groups in total. The molecular formula is C22H40OP+. The van der Waals surface area contributed by atoms with Crippen molar-refractivity contribution in [2.24, 2.45) is 0 Å². The first kappa shape index (κ1) is 21.5. The van der Waals surface area contributed by atoms with Crippen molar-refractivity contribution in [1.29, 1.82) is 0 Å². The molecule has 1 aromatic rings. The summed E-state index contributed by atoms with van der Waals surface area (Å²) in [5.41, 5.74) is 1.14. The Morgan fingerprint density at radius 3 is 1.79 bits per heavy atom. The van der Waals surface area contributed by atoms with Crippen LogP contribution < -0.4 is 0 Å². The van der Waals surface area contributed by atoms with Crippen molar-refractivity contribution in [3.63, 3.8) is 0 Å². The standard InChI is InChI=1S/C22H39OP/c1-5-8-16-24(17-9-6-2,18-10-7-3)19-15-20(4)21-13-11-12-14-22(21)23/h11-14,20H,5-10,15-19H2,1-4H3/p+1. The molecule has 0 aliphatic heterocycles. The van der Waals surface area contributed by atoms with Gasteiger partial charge < -0.3 is 5.11 Å². The molecule has 0 aliphatic carbocycles. The number of phenolic OH excluding ortho intramolecular Hbond substituents is 1. The van der Waals surface area contributed by atoms with Crippen LogP contribution in [0.2, 0.25) is 0 Å². The molecule has 2 heteroatoms. The Morgan fingerprint density at radius 2 is 1.33 bits per heavy atom. The fourth-order valence-corrected chi connectivity index (χ4v) is 8.92. The van der Waals surface area contributed by atoms with Crippen molar-refractivity contribution in [3.05, 3.63) is 29.8 Å². The molecule has 138 valence electrons. The number of phenols is 1. The van der Waals surface area contributed by atoms with Gasteiger partial charge in [0.25, 0.3) is 0 Å². The van der Waals surface area contributed by atoms with Gasteiger partial charge in [-0.1, -0.05) is 65.2 Å². The Hall–Kier alpha value is -0.550. The van der Waals surface area contributed by atoms with E-state index in [1.165, 1.54) is 69.6 Å². The molecule has 0 spiro atoms. The van der Waals surface area contributed by atoms with Gasteiger partial charge >= 0.3 is 0 Å². The summed E-state index contributed by atoms with van der Waals surface area (Å²) >= 11 is 0. The van der Waals surface area contributed by atoms with Gasteiger partial charge in [-0.25, -0.2) is 0 Å². The second-order valence-corrected chi connectivity index (χ2v) is 12.0. The van der Waals surface area contributed by atoms with E-state index in [2.05, 4.69) is 39.8 Å². The minimum absolute atomic E-state index is 0.468. The molecule has 0 amide bonds. The highest BCUT2D eigenvalue weighted by Crippen LogP contribution is 2.61. The van der Waals surface area contributed by atoms with Gasteiger partial charge in [-0.15, -0.1) is 0 Å². The van der Waals surface area contributed by atoms with Crippen molar-refractivity contribution >= 4 is 7.26 Å². The van der Waals surface area contributed by atoms with Crippen molar-refractivity contribution in [2.75, 3.05) is 24.6 Å². The maximum absolute atomic E-state index is 10.1. The lowest BCUT2D eigenvalue weighted by atomic mass is 9.98. The molecule has 0 radical (unpaired) electrons. The zero-order chi connectivity index (χ0) is 17.8. The monoisotopic (exact) mass is 351 g/mol. The average Bonchev–Trinajstić information content (AvgIpc) is 2.60. The van der Waals surface area contributed by atoms with Crippen LogP contribution in [0.25, 0.3) is 0 Å². The highest BCUT2D eigenvalue weighted by Gasteiger charge is 2.35. The van der Waals surface area contributed by atoms with Gasteiger partial charge in [-0.2, -0.15) is 0 Å². The lowest BCUT2D eigenvalue weighted by molar-refractivity contribution is 0.462. The van der Waals surface area contributed by atoms with Gasteiger partial charge in [0.05, 0.1) is 24.6 Å². The van der Waals surface area contributed by atoms with Crippen molar-refractivity contribution in [2.45, 2.75) is 78.6 Å². The van der Waals surface area contributed by atoms with E-state index in [9.17, 15) is 5.11 Å². The van der Waals surface area contributed by atoms with Crippen LogP contribution in [-0.4, -0.2) is 29.8 Å². The van der Waals surface area contributed by atoms with Crippen LogP contribution in [0.1, 0.15) is 84.1 Å². The molecule has 1 rings (SSSR count). The Labute approximate surface area is 151 Å². The normalized spacial score (nSPS) is 13.2. The van der Waals surface area contributed by atoms with E-state index in [0.29, 0.717) is 11.7 Å². The third kappa shape index (κ3) is 7.14. The van der Waals surface area contributed by atoms with Gasteiger partial charge in [0.2, 0.25) is 0 Å². The van der Waals surface area contributed by atoms with Crippen LogP contribution in [0.15, 0.2) is 24.3 Å². The summed E-state index contributed by atoms with van der Waals surface area (Å²) in [5, 5.41) is 10.1. The third-order valence-electron chi connectivity index (χ3n) is 5.46. The number of benzene rings is 1. The number of unbranched alkanes of at least 4 members (excludes halogenated alkanes) is 3. The summed E-state index contributed by atoms with van der Waals surface area (Å²) in [6.45, 7) is 9.29. The molecule has 0 saturated carbocycles. The van der Waals surface area contributed by atoms with Crippen LogP contribution in [0, 0.1) is 0 Å². The highest BCUT2D eigenvalue weighted by atomic mass is 31.2. The molecule has 0 aromatic heterocycles. The molecule has 0 fully saturated rings. The lowest BCUT2D eigenvalue weighted by Gasteiger charge is -2.29. The number of rotatable bonds is 13. The summed E-state index contributed by atoms with van der Waals surface area (Å²) in [6.07, 6.45) is 15.4. The van der Waals surface area contributed by atoms with Crippen LogP contribution >= 0.6 is 7.26 Å². The van der Waals surface area contributed by atoms with Crippen molar-refractivity contribution in [1.82, 2.24) is 0 Å². The predicted molar refractivity (Wildman–Crippen MR) is 112 cm³/mol. The molecule has 1 atom stereocenters. The van der Waals surface area contributed by atoms with Crippen molar-refractivity contribution < 1.29 is 5.11 Å². The average molecular weight is 352 g/mol. The Balaban J connectivity index is 2.78. The maximum atomic E-state index is 10.1. The van der Waals surface area contributed by atoms with E-state index in [4.69, 9.17) is 0 Å². The van der Waals surface area contributed by atoms with Gasteiger partial charge in [-0.3, -0.25) is 0 Å².